The van der Waals surface area contributed by atoms with Crippen molar-refractivity contribution in [1.82, 2.24) is 5.43 Å². The van der Waals surface area contributed by atoms with Crippen LogP contribution in [0.3, 0.4) is 0 Å². The van der Waals surface area contributed by atoms with E-state index in [0.717, 1.165) is 6.42 Å². The highest BCUT2D eigenvalue weighted by Crippen LogP contribution is 2.35. The molecule has 0 aliphatic carbocycles. The Balaban J connectivity index is 2.12. The highest BCUT2D eigenvalue weighted by atomic mass is 32.2. The average Bonchev–Trinajstić information content (AvgIpc) is 2.85. The largest absolute Gasteiger partial charge is 0.271 e. The molecule has 2 nitrogen and oxygen atoms in total. The summed E-state index contributed by atoms with van der Waals surface area (Å²) in [6, 6.07) is 9.14. The molecule has 0 amide bonds. The molecule has 1 heterocycles. The summed E-state index contributed by atoms with van der Waals surface area (Å²) < 4.78 is 0. The molecule has 1 aliphatic rings. The summed E-state index contributed by atoms with van der Waals surface area (Å²) in [6.45, 7) is 2.18. The highest BCUT2D eigenvalue weighted by Gasteiger charge is 2.25. The summed E-state index contributed by atoms with van der Waals surface area (Å²) in [5.41, 5.74) is 5.68. The fourth-order valence-electron chi connectivity index (χ4n) is 2.24. The number of nitrogens with one attached hydrogen (secondary N) is 1. The van der Waals surface area contributed by atoms with Crippen LogP contribution in [-0.4, -0.2) is 11.0 Å². The van der Waals surface area contributed by atoms with Crippen LogP contribution in [0.25, 0.3) is 0 Å². The van der Waals surface area contributed by atoms with Crippen molar-refractivity contribution in [3.63, 3.8) is 0 Å². The summed E-state index contributed by atoms with van der Waals surface area (Å²) in [6.07, 6.45) is 3.69. The van der Waals surface area contributed by atoms with Gasteiger partial charge in [0.15, 0.2) is 0 Å². The predicted octanol–water partition coefficient (Wildman–Crippen LogP) is 2.65. The summed E-state index contributed by atoms with van der Waals surface area (Å²) >= 11 is 2.04. The van der Waals surface area contributed by atoms with Crippen LogP contribution in [-0.2, 0) is 6.42 Å². The minimum absolute atomic E-state index is 0.304. The number of nitrogens with two attached hydrogens (primary N) is 1. The first-order chi connectivity index (χ1) is 7.85. The molecule has 88 valence electrons. The summed E-state index contributed by atoms with van der Waals surface area (Å²) in [5, 5.41) is 0.637. The van der Waals surface area contributed by atoms with Gasteiger partial charge in [-0.3, -0.25) is 11.3 Å². The third-order valence-corrected chi connectivity index (χ3v) is 4.72. The van der Waals surface area contributed by atoms with Crippen molar-refractivity contribution >= 4 is 11.8 Å². The van der Waals surface area contributed by atoms with Gasteiger partial charge >= 0.3 is 0 Å². The standard InChI is InChI=1S/C13H20N2S/c1-2-10-5-7-11(8-6-10)13(15-14)12-4-3-9-16-12/h5-8,12-13,15H,2-4,9,14H2,1H3. The number of hydrogen-bond donors (Lipinski definition) is 2. The molecule has 0 radical (unpaired) electrons. The molecule has 0 bridgehead atoms. The average molecular weight is 236 g/mol. The smallest absolute Gasteiger partial charge is 0.0578 e. The predicted molar refractivity (Wildman–Crippen MR) is 71.4 cm³/mol. The van der Waals surface area contributed by atoms with Crippen molar-refractivity contribution in [3.8, 4) is 0 Å². The van der Waals surface area contributed by atoms with Crippen LogP contribution in [0.1, 0.15) is 36.9 Å². The van der Waals surface area contributed by atoms with E-state index in [0.29, 0.717) is 11.3 Å². The van der Waals surface area contributed by atoms with Crippen LogP contribution in [0.5, 0.6) is 0 Å². The van der Waals surface area contributed by atoms with Gasteiger partial charge in [0.2, 0.25) is 0 Å². The molecule has 16 heavy (non-hydrogen) atoms. The van der Waals surface area contributed by atoms with Gasteiger partial charge in [0.05, 0.1) is 6.04 Å². The maximum atomic E-state index is 5.69. The highest BCUT2D eigenvalue weighted by molar-refractivity contribution is 8.00. The van der Waals surface area contributed by atoms with E-state index in [1.807, 2.05) is 11.8 Å². The molecule has 0 saturated carbocycles. The minimum atomic E-state index is 0.304. The molecule has 1 saturated heterocycles. The van der Waals surface area contributed by atoms with Crippen molar-refractivity contribution in [1.29, 1.82) is 0 Å². The number of hydrazine groups is 1. The molecule has 2 unspecified atom stereocenters. The van der Waals surface area contributed by atoms with Gasteiger partial charge in [0, 0.05) is 5.25 Å². The van der Waals surface area contributed by atoms with E-state index >= 15 is 0 Å². The normalized spacial score (nSPS) is 22.2. The van der Waals surface area contributed by atoms with E-state index in [1.54, 1.807) is 0 Å². The number of hydrogen-bond acceptors (Lipinski definition) is 3. The lowest BCUT2D eigenvalue weighted by molar-refractivity contribution is 0.520. The van der Waals surface area contributed by atoms with Crippen LogP contribution in [0.15, 0.2) is 24.3 Å². The molecular weight excluding hydrogens is 216 g/mol. The number of rotatable bonds is 4. The van der Waals surface area contributed by atoms with Crippen LogP contribution in [0, 0.1) is 0 Å². The van der Waals surface area contributed by atoms with Crippen LogP contribution < -0.4 is 11.3 Å². The Labute approximate surface area is 102 Å². The fraction of sp³-hybridized carbons (Fsp3) is 0.538. The molecule has 3 heteroatoms. The first-order valence-electron chi connectivity index (χ1n) is 6.01. The van der Waals surface area contributed by atoms with Gasteiger partial charge in [0.1, 0.15) is 0 Å². The molecular formula is C13H20N2S. The van der Waals surface area contributed by atoms with Crippen molar-refractivity contribution < 1.29 is 0 Å². The van der Waals surface area contributed by atoms with Crippen LogP contribution in [0.2, 0.25) is 0 Å². The second-order valence-corrected chi connectivity index (χ2v) is 5.64. The van der Waals surface area contributed by atoms with Crippen LogP contribution >= 0.6 is 11.8 Å². The van der Waals surface area contributed by atoms with Crippen LogP contribution in [0.4, 0.5) is 0 Å². The third-order valence-electron chi connectivity index (χ3n) is 3.26. The van der Waals surface area contributed by atoms with Gasteiger partial charge in [-0.05, 0) is 36.1 Å². The van der Waals surface area contributed by atoms with E-state index in [-0.39, 0.29) is 0 Å². The third kappa shape index (κ3) is 2.59. The molecule has 2 atom stereocenters. The fourth-order valence-corrected chi connectivity index (χ4v) is 3.64. The quantitative estimate of drug-likeness (QED) is 0.623. The second kappa shape index (κ2) is 5.71. The lowest BCUT2D eigenvalue weighted by Gasteiger charge is -2.22. The molecule has 0 spiro atoms. The topological polar surface area (TPSA) is 38.0 Å². The minimum Gasteiger partial charge on any atom is -0.271 e. The van der Waals surface area contributed by atoms with E-state index in [9.17, 15) is 0 Å². The van der Waals surface area contributed by atoms with E-state index in [1.165, 1.54) is 29.7 Å². The monoisotopic (exact) mass is 236 g/mol. The van der Waals surface area contributed by atoms with Gasteiger partial charge in [-0.1, -0.05) is 31.2 Å². The Bertz CT molecular complexity index is 317. The Hall–Kier alpha value is -0.510. The first-order valence-corrected chi connectivity index (χ1v) is 7.06. The van der Waals surface area contributed by atoms with Crippen molar-refractivity contribution in [2.45, 2.75) is 37.5 Å². The summed E-state index contributed by atoms with van der Waals surface area (Å²) in [5.74, 6) is 6.97. The summed E-state index contributed by atoms with van der Waals surface area (Å²) in [4.78, 5) is 0. The summed E-state index contributed by atoms with van der Waals surface area (Å²) in [7, 11) is 0. The Kier molecular flexibility index (Phi) is 4.27. The van der Waals surface area contributed by atoms with E-state index < -0.39 is 0 Å². The van der Waals surface area contributed by atoms with Gasteiger partial charge in [-0.2, -0.15) is 11.8 Å². The SMILES string of the molecule is CCc1ccc(C(NN)C2CCCS2)cc1. The van der Waals surface area contributed by atoms with Crippen molar-refractivity contribution in [3.05, 3.63) is 35.4 Å². The Morgan fingerprint density at radius 1 is 1.44 bits per heavy atom. The maximum absolute atomic E-state index is 5.69. The maximum Gasteiger partial charge on any atom is 0.0578 e. The van der Waals surface area contributed by atoms with E-state index in [2.05, 4.69) is 36.6 Å². The van der Waals surface area contributed by atoms with E-state index in [4.69, 9.17) is 5.84 Å². The second-order valence-electron chi connectivity index (χ2n) is 4.29. The molecule has 1 aromatic rings. The number of aryl methyl sites for hydroxylation is 1. The molecule has 1 aliphatic heterocycles. The molecule has 1 fully saturated rings. The van der Waals surface area contributed by atoms with Gasteiger partial charge < -0.3 is 0 Å². The lowest BCUT2D eigenvalue weighted by Crippen LogP contribution is -2.34. The molecule has 3 N–H and O–H groups in total. The zero-order chi connectivity index (χ0) is 11.4. The number of benzene rings is 1. The van der Waals surface area contributed by atoms with Gasteiger partial charge in [0.25, 0.3) is 0 Å². The lowest BCUT2D eigenvalue weighted by atomic mass is 9.99. The van der Waals surface area contributed by atoms with Gasteiger partial charge in [-0.15, -0.1) is 0 Å². The first kappa shape index (κ1) is 12.0. The Morgan fingerprint density at radius 2 is 2.19 bits per heavy atom. The Morgan fingerprint density at radius 3 is 2.69 bits per heavy atom. The molecule has 1 aromatic carbocycles. The van der Waals surface area contributed by atoms with Crippen molar-refractivity contribution in [2.75, 3.05) is 5.75 Å². The molecule has 2 rings (SSSR count). The zero-order valence-electron chi connectivity index (χ0n) is 9.78. The van der Waals surface area contributed by atoms with Crippen molar-refractivity contribution in [2.24, 2.45) is 5.84 Å². The molecule has 0 aromatic heterocycles. The van der Waals surface area contributed by atoms with Gasteiger partial charge in [-0.25, -0.2) is 0 Å². The zero-order valence-corrected chi connectivity index (χ0v) is 10.6. The number of thioether (sulfide) groups is 1.